The maximum absolute atomic E-state index is 13.6. The van der Waals surface area contributed by atoms with Crippen LogP contribution in [0.2, 0.25) is 0 Å². The molecule has 1 aromatic rings. The molecule has 2 aliphatic heterocycles. The zero-order chi connectivity index (χ0) is 23.8. The van der Waals surface area contributed by atoms with E-state index in [0.29, 0.717) is 38.1 Å². The van der Waals surface area contributed by atoms with Crippen molar-refractivity contribution in [3.63, 3.8) is 0 Å². The van der Waals surface area contributed by atoms with Gasteiger partial charge in [-0.05, 0) is 37.8 Å². The van der Waals surface area contributed by atoms with E-state index in [1.54, 1.807) is 0 Å². The highest BCUT2D eigenvalue weighted by atomic mass is 19.1. The van der Waals surface area contributed by atoms with E-state index < -0.39 is 23.2 Å². The van der Waals surface area contributed by atoms with Gasteiger partial charge in [0.1, 0.15) is 11.9 Å². The first-order valence-corrected chi connectivity index (χ1v) is 12.7. The lowest BCUT2D eigenvalue weighted by Crippen LogP contribution is -2.46. The summed E-state index contributed by atoms with van der Waals surface area (Å²) in [7, 11) is 0. The number of benzene rings is 1. The van der Waals surface area contributed by atoms with Crippen LogP contribution in [0.25, 0.3) is 0 Å². The Morgan fingerprint density at radius 2 is 1.61 bits per heavy atom. The molecule has 3 aliphatic rings. The topological polar surface area (TPSA) is 41.6 Å². The van der Waals surface area contributed by atoms with Gasteiger partial charge in [-0.25, -0.2) is 13.2 Å². The van der Waals surface area contributed by atoms with Crippen LogP contribution in [0.3, 0.4) is 0 Å². The Morgan fingerprint density at radius 3 is 2.15 bits per heavy atom. The maximum atomic E-state index is 13.6. The quantitative estimate of drug-likeness (QED) is 0.617. The van der Waals surface area contributed by atoms with Crippen molar-refractivity contribution in [2.24, 2.45) is 17.8 Å². The van der Waals surface area contributed by atoms with E-state index in [2.05, 4.69) is 19.2 Å². The highest BCUT2D eigenvalue weighted by Gasteiger charge is 2.30. The lowest BCUT2D eigenvalue weighted by molar-refractivity contribution is -0.138. The largest absolute Gasteiger partial charge is 0.484 e. The first-order valence-electron chi connectivity index (χ1n) is 12.7. The van der Waals surface area contributed by atoms with Gasteiger partial charge in [-0.15, -0.1) is 0 Å². The molecule has 1 N–H and O–H groups in total. The standard InChI is InChI=1S/C17H21F3N2O2.C9H18/c18-12-9-14(19)16(15(20)10-12)24-13-3-7-22(8-4-13)17(23)11-1-5-21-6-2-11;1-3-9-7-5-4-6-8(9)2/h9-11,13,21H,1-8H2;8-9H,3-7H2,1-2H3/t;8-,9+/m.0/s1. The van der Waals surface area contributed by atoms with Crippen molar-refractivity contribution >= 4 is 5.91 Å². The monoisotopic (exact) mass is 468 g/mol. The fourth-order valence-corrected chi connectivity index (χ4v) is 5.33. The Bertz CT molecular complexity index is 739. The number of carbonyl (C=O) groups is 1. The van der Waals surface area contributed by atoms with E-state index in [1.807, 2.05) is 4.90 Å². The van der Waals surface area contributed by atoms with Gasteiger partial charge in [0.05, 0.1) is 0 Å². The van der Waals surface area contributed by atoms with E-state index in [9.17, 15) is 18.0 Å². The molecule has 2 saturated heterocycles. The van der Waals surface area contributed by atoms with Crippen LogP contribution in [0.5, 0.6) is 5.75 Å². The Hall–Kier alpha value is -1.76. The van der Waals surface area contributed by atoms with E-state index in [1.165, 1.54) is 32.1 Å². The number of carbonyl (C=O) groups excluding carboxylic acids is 1. The molecule has 1 aromatic carbocycles. The SMILES string of the molecule is CC[C@@H]1CCCC[C@@H]1C.O=C(C1CCNCC1)N1CCC(Oc2c(F)cc(F)cc2F)CC1. The van der Waals surface area contributed by atoms with E-state index in [4.69, 9.17) is 4.74 Å². The minimum atomic E-state index is -1.04. The molecule has 1 amide bonds. The van der Waals surface area contributed by atoms with E-state index in [-0.39, 0.29) is 17.9 Å². The van der Waals surface area contributed by atoms with Crippen molar-refractivity contribution in [2.45, 2.75) is 77.7 Å². The molecule has 7 heteroatoms. The second kappa shape index (κ2) is 12.6. The molecular formula is C26H39F3N2O2. The average molecular weight is 469 g/mol. The van der Waals surface area contributed by atoms with Gasteiger partial charge in [-0.3, -0.25) is 4.79 Å². The average Bonchev–Trinajstić information content (AvgIpc) is 2.82. The van der Waals surface area contributed by atoms with Crippen LogP contribution >= 0.6 is 0 Å². The molecule has 0 aromatic heterocycles. The number of rotatable bonds is 4. The van der Waals surface area contributed by atoms with Gasteiger partial charge in [0, 0.05) is 44.0 Å². The third-order valence-corrected chi connectivity index (χ3v) is 7.50. The Labute approximate surface area is 196 Å². The summed E-state index contributed by atoms with van der Waals surface area (Å²) in [4.78, 5) is 14.3. The van der Waals surface area contributed by atoms with Crippen molar-refractivity contribution in [3.05, 3.63) is 29.6 Å². The highest BCUT2D eigenvalue weighted by molar-refractivity contribution is 5.79. The zero-order valence-corrected chi connectivity index (χ0v) is 20.1. The molecular weight excluding hydrogens is 429 g/mol. The Morgan fingerprint density at radius 1 is 1.00 bits per heavy atom. The molecule has 186 valence electrons. The molecule has 0 radical (unpaired) electrons. The lowest BCUT2D eigenvalue weighted by atomic mass is 9.79. The summed E-state index contributed by atoms with van der Waals surface area (Å²) in [6.45, 7) is 7.48. The number of piperidine rings is 2. The summed E-state index contributed by atoms with van der Waals surface area (Å²) < 4.78 is 45.6. The van der Waals surface area contributed by atoms with Crippen molar-refractivity contribution in [1.29, 1.82) is 0 Å². The molecule has 33 heavy (non-hydrogen) atoms. The number of halogens is 3. The van der Waals surface area contributed by atoms with Crippen LogP contribution in [0.1, 0.15) is 71.6 Å². The third kappa shape index (κ3) is 7.36. The van der Waals surface area contributed by atoms with Gasteiger partial charge in [0.25, 0.3) is 0 Å². The molecule has 1 saturated carbocycles. The molecule has 4 rings (SSSR count). The number of likely N-dealkylation sites (tertiary alicyclic amines) is 1. The number of hydrogen-bond donors (Lipinski definition) is 1. The summed E-state index contributed by atoms with van der Waals surface area (Å²) in [5, 5.41) is 3.23. The predicted molar refractivity (Wildman–Crippen MR) is 124 cm³/mol. The predicted octanol–water partition coefficient (Wildman–Crippen LogP) is 5.70. The summed E-state index contributed by atoms with van der Waals surface area (Å²) in [6, 6.07) is 1.21. The normalized spacial score (nSPS) is 24.7. The first-order chi connectivity index (χ1) is 15.9. The summed E-state index contributed by atoms with van der Waals surface area (Å²) in [5.41, 5.74) is 0. The molecule has 0 spiro atoms. The minimum absolute atomic E-state index is 0.0655. The molecule has 4 nitrogen and oxygen atoms in total. The van der Waals surface area contributed by atoms with Crippen molar-refractivity contribution < 1.29 is 22.7 Å². The number of nitrogens with zero attached hydrogens (tertiary/aromatic N) is 1. The van der Waals surface area contributed by atoms with Crippen LogP contribution in [0.4, 0.5) is 13.2 Å². The summed E-state index contributed by atoms with van der Waals surface area (Å²) >= 11 is 0. The lowest BCUT2D eigenvalue weighted by Gasteiger charge is -2.35. The number of ether oxygens (including phenoxy) is 1. The van der Waals surface area contributed by atoms with Crippen LogP contribution < -0.4 is 10.1 Å². The van der Waals surface area contributed by atoms with Gasteiger partial charge in [-0.1, -0.05) is 46.0 Å². The molecule has 0 unspecified atom stereocenters. The number of nitrogens with one attached hydrogen (secondary N) is 1. The summed E-state index contributed by atoms with van der Waals surface area (Å²) in [6.07, 6.45) is 9.69. The maximum Gasteiger partial charge on any atom is 0.225 e. The van der Waals surface area contributed by atoms with Gasteiger partial charge >= 0.3 is 0 Å². The number of hydrogen-bond acceptors (Lipinski definition) is 3. The van der Waals surface area contributed by atoms with E-state index >= 15 is 0 Å². The third-order valence-electron chi connectivity index (χ3n) is 7.50. The minimum Gasteiger partial charge on any atom is -0.484 e. The molecule has 1 aliphatic carbocycles. The highest BCUT2D eigenvalue weighted by Crippen LogP contribution is 2.31. The summed E-state index contributed by atoms with van der Waals surface area (Å²) in [5.74, 6) is -1.30. The second-order valence-electron chi connectivity index (χ2n) is 9.80. The zero-order valence-electron chi connectivity index (χ0n) is 20.1. The van der Waals surface area contributed by atoms with Gasteiger partial charge in [-0.2, -0.15) is 0 Å². The van der Waals surface area contributed by atoms with Crippen molar-refractivity contribution in [2.75, 3.05) is 26.2 Å². The van der Waals surface area contributed by atoms with Crippen LogP contribution in [-0.2, 0) is 4.79 Å². The fraction of sp³-hybridized carbons (Fsp3) is 0.731. The Kier molecular flexibility index (Phi) is 9.90. The van der Waals surface area contributed by atoms with Crippen LogP contribution in [0.15, 0.2) is 12.1 Å². The Balaban J connectivity index is 0.000000286. The van der Waals surface area contributed by atoms with Crippen LogP contribution in [-0.4, -0.2) is 43.1 Å². The van der Waals surface area contributed by atoms with Gasteiger partial charge in [0.15, 0.2) is 17.4 Å². The van der Waals surface area contributed by atoms with Gasteiger partial charge < -0.3 is 15.0 Å². The van der Waals surface area contributed by atoms with Crippen molar-refractivity contribution in [3.8, 4) is 5.75 Å². The van der Waals surface area contributed by atoms with Crippen molar-refractivity contribution in [1.82, 2.24) is 10.2 Å². The first kappa shape index (κ1) is 25.9. The fourth-order valence-electron chi connectivity index (χ4n) is 5.33. The second-order valence-corrected chi connectivity index (χ2v) is 9.80. The van der Waals surface area contributed by atoms with Crippen LogP contribution in [0, 0.1) is 35.2 Å². The molecule has 2 atom stereocenters. The molecule has 2 heterocycles. The van der Waals surface area contributed by atoms with Gasteiger partial charge in [0.2, 0.25) is 5.91 Å². The molecule has 3 fully saturated rings. The van der Waals surface area contributed by atoms with E-state index in [0.717, 1.165) is 37.8 Å². The molecule has 0 bridgehead atoms. The number of amides is 1. The smallest absolute Gasteiger partial charge is 0.225 e.